The molecule has 0 saturated carbocycles. The van der Waals surface area contributed by atoms with Gasteiger partial charge >= 0.3 is 0 Å². The summed E-state index contributed by atoms with van der Waals surface area (Å²) in [5.41, 5.74) is -0.505. The summed E-state index contributed by atoms with van der Waals surface area (Å²) in [6.07, 6.45) is 1.58. The predicted octanol–water partition coefficient (Wildman–Crippen LogP) is 1.50. The molecule has 96 valence electrons. The zero-order chi connectivity index (χ0) is 13.8. The van der Waals surface area contributed by atoms with E-state index < -0.39 is 10.9 Å². The molecule has 0 amide bonds. The number of pyridine rings is 1. The van der Waals surface area contributed by atoms with Crippen molar-refractivity contribution in [1.82, 2.24) is 4.98 Å². The molecule has 0 saturated heterocycles. The zero-order valence-corrected chi connectivity index (χ0v) is 10.3. The number of hydrogen-bond acceptors (Lipinski definition) is 6. The first-order valence-electron chi connectivity index (χ1n) is 5.16. The van der Waals surface area contributed by atoms with Gasteiger partial charge in [-0.1, -0.05) is 17.8 Å². The lowest BCUT2D eigenvalue weighted by atomic mass is 10.2. The highest BCUT2D eigenvalue weighted by atomic mass is 32.2. The summed E-state index contributed by atoms with van der Waals surface area (Å²) in [5, 5.41) is 22.2. The molecule has 0 spiro atoms. The monoisotopic (exact) mass is 275 g/mol. The van der Waals surface area contributed by atoms with E-state index in [0.717, 1.165) is 17.8 Å². The van der Waals surface area contributed by atoms with Crippen molar-refractivity contribution in [3.05, 3.63) is 58.3 Å². The van der Waals surface area contributed by atoms with E-state index in [9.17, 15) is 20.0 Å². The summed E-state index contributed by atoms with van der Waals surface area (Å²) in [6.45, 7) is 0. The van der Waals surface area contributed by atoms with Crippen molar-refractivity contribution in [3.8, 4) is 0 Å². The summed E-state index contributed by atoms with van der Waals surface area (Å²) >= 11 is 1.11. The molecule has 0 radical (unpaired) electrons. The van der Waals surface area contributed by atoms with E-state index in [1.807, 2.05) is 0 Å². The van der Waals surface area contributed by atoms with Crippen molar-refractivity contribution < 1.29 is 14.8 Å². The zero-order valence-electron chi connectivity index (χ0n) is 9.48. The highest BCUT2D eigenvalue weighted by Crippen LogP contribution is 2.30. The average Bonchev–Trinajstić information content (AvgIpc) is 2.39. The molecule has 0 N–H and O–H groups in total. The van der Waals surface area contributed by atoms with E-state index in [-0.39, 0.29) is 11.3 Å². The van der Waals surface area contributed by atoms with Crippen molar-refractivity contribution in [2.75, 3.05) is 0 Å². The largest absolute Gasteiger partial charge is 0.545 e. The van der Waals surface area contributed by atoms with Crippen LogP contribution < -0.4 is 5.11 Å². The number of aromatic nitrogens is 1. The van der Waals surface area contributed by atoms with Gasteiger partial charge in [-0.3, -0.25) is 10.1 Å². The lowest BCUT2D eigenvalue weighted by Crippen LogP contribution is -2.23. The maximum atomic E-state index is 11.0. The normalized spacial score (nSPS) is 10.1. The third kappa shape index (κ3) is 3.08. The van der Waals surface area contributed by atoms with Crippen LogP contribution in [0.3, 0.4) is 0 Å². The molecule has 0 aliphatic rings. The van der Waals surface area contributed by atoms with Crippen molar-refractivity contribution in [2.45, 2.75) is 9.92 Å². The molecule has 0 bridgehead atoms. The maximum Gasteiger partial charge on any atom is 0.270 e. The molecule has 0 unspecified atom stereocenters. The first kappa shape index (κ1) is 13.0. The summed E-state index contributed by atoms with van der Waals surface area (Å²) < 4.78 is 0. The van der Waals surface area contributed by atoms with Gasteiger partial charge in [-0.2, -0.15) is 0 Å². The molecular weight excluding hydrogens is 268 g/mol. The first-order chi connectivity index (χ1) is 9.08. The Kier molecular flexibility index (Phi) is 3.76. The van der Waals surface area contributed by atoms with E-state index in [0.29, 0.717) is 9.92 Å². The molecular formula is C12H7N2O4S-. The van der Waals surface area contributed by atoms with Crippen molar-refractivity contribution in [1.29, 1.82) is 0 Å². The fraction of sp³-hybridized carbons (Fsp3) is 0. The summed E-state index contributed by atoms with van der Waals surface area (Å²) in [5.74, 6) is -1.46. The number of non-ortho nitro benzene ring substituents is 1. The van der Waals surface area contributed by atoms with E-state index >= 15 is 0 Å². The SMILES string of the molecule is O=C([O-])c1cc([N+](=O)[O-])ccc1Sc1ccccn1. The number of benzene rings is 1. The molecule has 0 aliphatic carbocycles. The predicted molar refractivity (Wildman–Crippen MR) is 65.8 cm³/mol. The van der Waals surface area contributed by atoms with Gasteiger partial charge in [0.25, 0.3) is 5.69 Å². The van der Waals surface area contributed by atoms with Gasteiger partial charge in [0.2, 0.25) is 0 Å². The lowest BCUT2D eigenvalue weighted by Gasteiger charge is -2.09. The molecule has 2 rings (SSSR count). The number of nitrogens with zero attached hydrogens (tertiary/aromatic N) is 2. The van der Waals surface area contributed by atoms with E-state index in [4.69, 9.17) is 0 Å². The summed E-state index contributed by atoms with van der Waals surface area (Å²) in [6, 6.07) is 8.82. The van der Waals surface area contributed by atoms with Gasteiger partial charge in [0.05, 0.1) is 10.9 Å². The Balaban J connectivity index is 2.40. The quantitative estimate of drug-likeness (QED) is 0.619. The van der Waals surface area contributed by atoms with Crippen molar-refractivity contribution in [2.24, 2.45) is 0 Å². The van der Waals surface area contributed by atoms with Crippen LogP contribution in [0.5, 0.6) is 0 Å². The van der Waals surface area contributed by atoms with E-state index in [1.54, 1.807) is 24.4 Å². The number of carbonyl (C=O) groups excluding carboxylic acids is 1. The molecule has 0 fully saturated rings. The lowest BCUT2D eigenvalue weighted by molar-refractivity contribution is -0.385. The van der Waals surface area contributed by atoms with Crippen LogP contribution in [-0.2, 0) is 0 Å². The standard InChI is InChI=1S/C12H8N2O4S/c15-12(16)9-7-8(14(17)18)4-5-10(9)19-11-3-1-2-6-13-11/h1-7H,(H,15,16)/p-1. The Labute approximate surface area is 112 Å². The Bertz CT molecular complexity index is 631. The van der Waals surface area contributed by atoms with Gasteiger partial charge in [0, 0.05) is 28.8 Å². The van der Waals surface area contributed by atoms with Crippen molar-refractivity contribution >= 4 is 23.4 Å². The molecule has 2 aromatic rings. The molecule has 1 aromatic heterocycles. The first-order valence-corrected chi connectivity index (χ1v) is 5.98. The number of aromatic carboxylic acids is 1. The van der Waals surface area contributed by atoms with Gasteiger partial charge in [0.15, 0.2) is 0 Å². The minimum atomic E-state index is -1.46. The van der Waals surface area contributed by atoms with Gasteiger partial charge < -0.3 is 9.90 Å². The third-order valence-corrected chi connectivity index (χ3v) is 3.27. The average molecular weight is 275 g/mol. The van der Waals surface area contributed by atoms with Gasteiger partial charge in [-0.15, -0.1) is 0 Å². The number of carbonyl (C=O) groups is 1. The van der Waals surface area contributed by atoms with Gasteiger partial charge in [-0.25, -0.2) is 4.98 Å². The number of rotatable bonds is 4. The van der Waals surface area contributed by atoms with Crippen LogP contribution in [0.1, 0.15) is 10.4 Å². The Hall–Kier alpha value is -2.41. The Morgan fingerprint density at radius 1 is 1.26 bits per heavy atom. The molecule has 6 nitrogen and oxygen atoms in total. The van der Waals surface area contributed by atoms with Crippen LogP contribution in [0.4, 0.5) is 5.69 Å². The third-order valence-electron chi connectivity index (χ3n) is 2.25. The van der Waals surface area contributed by atoms with Crippen LogP contribution in [0, 0.1) is 10.1 Å². The van der Waals surface area contributed by atoms with Crippen LogP contribution >= 0.6 is 11.8 Å². The number of carboxylic acid groups (broad SMARTS) is 1. The maximum absolute atomic E-state index is 11.0. The van der Waals surface area contributed by atoms with Gasteiger partial charge in [-0.05, 0) is 18.2 Å². The molecule has 1 aromatic carbocycles. The Morgan fingerprint density at radius 3 is 2.63 bits per heavy atom. The molecule has 19 heavy (non-hydrogen) atoms. The second kappa shape index (κ2) is 5.49. The highest BCUT2D eigenvalue weighted by molar-refractivity contribution is 7.99. The second-order valence-electron chi connectivity index (χ2n) is 3.50. The topological polar surface area (TPSA) is 96.2 Å². The van der Waals surface area contributed by atoms with Gasteiger partial charge in [0.1, 0.15) is 5.03 Å². The number of nitro groups is 1. The number of hydrogen-bond donors (Lipinski definition) is 0. The summed E-state index contributed by atoms with van der Waals surface area (Å²) in [4.78, 5) is 25.4. The summed E-state index contributed by atoms with van der Waals surface area (Å²) in [7, 11) is 0. The van der Waals surface area contributed by atoms with Crippen LogP contribution in [-0.4, -0.2) is 15.9 Å². The minimum Gasteiger partial charge on any atom is -0.545 e. The van der Waals surface area contributed by atoms with E-state index in [1.165, 1.54) is 12.1 Å². The molecule has 0 atom stereocenters. The van der Waals surface area contributed by atoms with Crippen LogP contribution in [0.2, 0.25) is 0 Å². The smallest absolute Gasteiger partial charge is 0.270 e. The highest BCUT2D eigenvalue weighted by Gasteiger charge is 2.12. The number of nitro benzene ring substituents is 1. The minimum absolute atomic E-state index is 0.218. The Morgan fingerprint density at radius 2 is 2.05 bits per heavy atom. The van der Waals surface area contributed by atoms with Crippen LogP contribution in [0.25, 0.3) is 0 Å². The number of carboxylic acids is 1. The fourth-order valence-corrected chi connectivity index (χ4v) is 2.27. The second-order valence-corrected chi connectivity index (χ2v) is 4.56. The molecule has 7 heteroatoms. The van der Waals surface area contributed by atoms with Crippen molar-refractivity contribution in [3.63, 3.8) is 0 Å². The fourth-order valence-electron chi connectivity index (χ4n) is 1.40. The molecule has 1 heterocycles. The van der Waals surface area contributed by atoms with Crippen LogP contribution in [0.15, 0.2) is 52.5 Å². The molecule has 0 aliphatic heterocycles. The van der Waals surface area contributed by atoms with E-state index in [2.05, 4.69) is 4.98 Å².